The Hall–Kier alpha value is -0.860. The van der Waals surface area contributed by atoms with Crippen molar-refractivity contribution in [2.24, 2.45) is 5.92 Å². The Morgan fingerprint density at radius 3 is 2.58 bits per heavy atom. The number of hydrogen-bond donors (Lipinski definition) is 1. The van der Waals surface area contributed by atoms with Gasteiger partial charge in [0.1, 0.15) is 0 Å². The maximum Gasteiger partial charge on any atom is 0.0474 e. The van der Waals surface area contributed by atoms with E-state index in [9.17, 15) is 0 Å². The van der Waals surface area contributed by atoms with Gasteiger partial charge in [0.25, 0.3) is 0 Å². The molecule has 0 spiro atoms. The zero-order valence-corrected chi connectivity index (χ0v) is 12.1. The van der Waals surface area contributed by atoms with Gasteiger partial charge in [-0.05, 0) is 37.3 Å². The fraction of sp³-hybridized carbons (Fsp3) is 0.647. The minimum atomic E-state index is 0.526. The first-order valence-corrected chi connectivity index (χ1v) is 7.69. The molecule has 1 aliphatic carbocycles. The highest BCUT2D eigenvalue weighted by molar-refractivity contribution is 5.19. The largest absolute Gasteiger partial charge is 0.385 e. The predicted molar refractivity (Wildman–Crippen MR) is 80.3 cm³/mol. The van der Waals surface area contributed by atoms with Crippen LogP contribution in [-0.4, -0.2) is 20.3 Å². The average Bonchev–Trinajstić information content (AvgIpc) is 2.49. The Kier molecular flexibility index (Phi) is 6.38. The van der Waals surface area contributed by atoms with Gasteiger partial charge in [-0.2, -0.15) is 0 Å². The second-order valence-electron chi connectivity index (χ2n) is 5.59. The fourth-order valence-corrected chi connectivity index (χ4v) is 3.16. The van der Waals surface area contributed by atoms with Gasteiger partial charge in [0, 0.05) is 19.8 Å². The molecule has 1 aromatic rings. The van der Waals surface area contributed by atoms with E-state index in [-0.39, 0.29) is 0 Å². The molecule has 1 unspecified atom stereocenters. The molecule has 1 atom stereocenters. The maximum atomic E-state index is 5.13. The molecule has 0 heterocycles. The van der Waals surface area contributed by atoms with Crippen molar-refractivity contribution in [3.05, 3.63) is 35.9 Å². The molecule has 1 aliphatic rings. The zero-order chi connectivity index (χ0) is 13.3. The van der Waals surface area contributed by atoms with Gasteiger partial charge in [0.15, 0.2) is 0 Å². The lowest BCUT2D eigenvalue weighted by Gasteiger charge is -2.31. The highest BCUT2D eigenvalue weighted by Crippen LogP contribution is 2.34. The second kappa shape index (κ2) is 8.34. The summed E-state index contributed by atoms with van der Waals surface area (Å²) in [4.78, 5) is 0. The molecular formula is C17H27NO. The first-order chi connectivity index (χ1) is 9.42. The molecule has 0 amide bonds. The van der Waals surface area contributed by atoms with E-state index in [1.54, 1.807) is 7.11 Å². The van der Waals surface area contributed by atoms with Crippen LogP contribution in [0.1, 0.15) is 50.1 Å². The van der Waals surface area contributed by atoms with Crippen LogP contribution in [0.2, 0.25) is 0 Å². The summed E-state index contributed by atoms with van der Waals surface area (Å²) in [5.74, 6) is 0.804. The van der Waals surface area contributed by atoms with E-state index in [1.165, 1.54) is 37.7 Å². The van der Waals surface area contributed by atoms with Gasteiger partial charge in [0.2, 0.25) is 0 Å². The van der Waals surface area contributed by atoms with Crippen LogP contribution in [0.3, 0.4) is 0 Å². The number of methoxy groups -OCH3 is 1. The Bertz CT molecular complexity index is 332. The van der Waals surface area contributed by atoms with Gasteiger partial charge in [-0.3, -0.25) is 0 Å². The Labute approximate surface area is 117 Å². The zero-order valence-electron chi connectivity index (χ0n) is 12.1. The van der Waals surface area contributed by atoms with E-state index in [4.69, 9.17) is 4.74 Å². The molecule has 1 N–H and O–H groups in total. The molecular weight excluding hydrogens is 234 g/mol. The predicted octanol–water partition coefficient (Wildman–Crippen LogP) is 3.93. The van der Waals surface area contributed by atoms with Crippen LogP contribution in [0.15, 0.2) is 30.3 Å². The van der Waals surface area contributed by atoms with Crippen LogP contribution in [0.4, 0.5) is 0 Å². The lowest BCUT2D eigenvalue weighted by molar-refractivity contribution is 0.189. The van der Waals surface area contributed by atoms with Gasteiger partial charge in [0.05, 0.1) is 0 Å². The summed E-state index contributed by atoms with van der Waals surface area (Å²) >= 11 is 0. The molecule has 2 nitrogen and oxygen atoms in total. The first-order valence-electron chi connectivity index (χ1n) is 7.69. The topological polar surface area (TPSA) is 21.3 Å². The molecule has 2 rings (SSSR count). The van der Waals surface area contributed by atoms with Crippen molar-refractivity contribution in [3.63, 3.8) is 0 Å². The summed E-state index contributed by atoms with van der Waals surface area (Å²) in [6.45, 7) is 1.89. The van der Waals surface area contributed by atoms with Crippen molar-refractivity contribution in [2.45, 2.75) is 44.6 Å². The van der Waals surface area contributed by atoms with Gasteiger partial charge in [-0.25, -0.2) is 0 Å². The van der Waals surface area contributed by atoms with E-state index < -0.39 is 0 Å². The Morgan fingerprint density at radius 1 is 1.16 bits per heavy atom. The fourth-order valence-electron chi connectivity index (χ4n) is 3.16. The number of hydrogen-bond acceptors (Lipinski definition) is 2. The average molecular weight is 261 g/mol. The minimum absolute atomic E-state index is 0.526. The smallest absolute Gasteiger partial charge is 0.0474 e. The molecule has 0 aliphatic heterocycles. The maximum absolute atomic E-state index is 5.13. The third-order valence-electron chi connectivity index (χ3n) is 4.17. The van der Waals surface area contributed by atoms with Crippen LogP contribution in [0, 0.1) is 5.92 Å². The number of benzene rings is 1. The number of nitrogens with one attached hydrogen (secondary N) is 1. The minimum Gasteiger partial charge on any atom is -0.385 e. The lowest BCUT2D eigenvalue weighted by Crippen LogP contribution is -2.30. The summed E-state index contributed by atoms with van der Waals surface area (Å²) in [6, 6.07) is 11.5. The van der Waals surface area contributed by atoms with Crippen molar-refractivity contribution in [1.29, 1.82) is 0 Å². The van der Waals surface area contributed by atoms with Crippen LogP contribution in [0.25, 0.3) is 0 Å². The molecule has 0 radical (unpaired) electrons. The van der Waals surface area contributed by atoms with Crippen molar-refractivity contribution in [3.8, 4) is 0 Å². The van der Waals surface area contributed by atoms with Crippen LogP contribution in [-0.2, 0) is 4.74 Å². The van der Waals surface area contributed by atoms with Crippen LogP contribution < -0.4 is 5.32 Å². The standard InChI is InChI=1S/C17H27NO/c1-19-14-8-13-18-17(15-9-4-2-5-10-15)16-11-6-3-7-12-16/h2,4-5,9-10,16-18H,3,6-8,11-14H2,1H3. The van der Waals surface area contributed by atoms with Crippen LogP contribution in [0.5, 0.6) is 0 Å². The highest BCUT2D eigenvalue weighted by atomic mass is 16.5. The van der Waals surface area contributed by atoms with Gasteiger partial charge < -0.3 is 10.1 Å². The van der Waals surface area contributed by atoms with Gasteiger partial charge in [-0.1, -0.05) is 49.6 Å². The van der Waals surface area contributed by atoms with Crippen LogP contribution >= 0.6 is 0 Å². The van der Waals surface area contributed by atoms with Gasteiger partial charge in [-0.15, -0.1) is 0 Å². The molecule has 0 bridgehead atoms. The molecule has 2 heteroatoms. The summed E-state index contributed by atoms with van der Waals surface area (Å²) in [5.41, 5.74) is 1.45. The third-order valence-corrected chi connectivity index (χ3v) is 4.17. The number of rotatable bonds is 7. The van der Waals surface area contributed by atoms with E-state index in [1.807, 2.05) is 0 Å². The Balaban J connectivity index is 1.96. The van der Waals surface area contributed by atoms with E-state index in [2.05, 4.69) is 35.6 Å². The van der Waals surface area contributed by atoms with Crippen molar-refractivity contribution >= 4 is 0 Å². The van der Waals surface area contributed by atoms with E-state index in [0.29, 0.717) is 6.04 Å². The van der Waals surface area contributed by atoms with E-state index in [0.717, 1.165) is 25.5 Å². The van der Waals surface area contributed by atoms with Crippen molar-refractivity contribution in [2.75, 3.05) is 20.3 Å². The summed E-state index contributed by atoms with van der Waals surface area (Å²) < 4.78 is 5.13. The van der Waals surface area contributed by atoms with Crippen molar-refractivity contribution in [1.82, 2.24) is 5.32 Å². The number of ether oxygens (including phenoxy) is 1. The second-order valence-corrected chi connectivity index (χ2v) is 5.59. The molecule has 106 valence electrons. The van der Waals surface area contributed by atoms with Gasteiger partial charge >= 0.3 is 0 Å². The quantitative estimate of drug-likeness (QED) is 0.751. The molecule has 0 aromatic heterocycles. The lowest BCUT2D eigenvalue weighted by atomic mass is 9.81. The molecule has 19 heavy (non-hydrogen) atoms. The highest BCUT2D eigenvalue weighted by Gasteiger charge is 2.24. The van der Waals surface area contributed by atoms with Crippen molar-refractivity contribution < 1.29 is 4.74 Å². The summed E-state index contributed by atoms with van der Waals surface area (Å²) in [6.07, 6.45) is 8.05. The normalized spacial score (nSPS) is 18.4. The van der Waals surface area contributed by atoms with E-state index >= 15 is 0 Å². The monoisotopic (exact) mass is 261 g/mol. The molecule has 1 aromatic carbocycles. The SMILES string of the molecule is COCCCNC(c1ccccc1)C1CCCCC1. The summed E-state index contributed by atoms with van der Waals surface area (Å²) in [7, 11) is 1.77. The Morgan fingerprint density at radius 2 is 1.89 bits per heavy atom. The molecule has 0 saturated heterocycles. The third kappa shape index (κ3) is 4.63. The summed E-state index contributed by atoms with van der Waals surface area (Å²) in [5, 5.41) is 3.76. The molecule has 1 saturated carbocycles. The first kappa shape index (κ1) is 14.5. The molecule has 1 fully saturated rings.